The highest BCUT2D eigenvalue weighted by molar-refractivity contribution is 6.13. The van der Waals surface area contributed by atoms with Gasteiger partial charge in [0.2, 0.25) is 0 Å². The third-order valence-electron chi connectivity index (χ3n) is 11.0. The van der Waals surface area contributed by atoms with Crippen LogP contribution in [0.2, 0.25) is 0 Å². The maximum atomic E-state index is 6.58. The molecule has 55 heavy (non-hydrogen) atoms. The topological polar surface area (TPSA) is 21.3 Å². The van der Waals surface area contributed by atoms with Gasteiger partial charge in [-0.3, -0.25) is 0 Å². The van der Waals surface area contributed by atoms with Gasteiger partial charge in [-0.25, -0.2) is 0 Å². The molecule has 11 rings (SSSR count). The standard InChI is InChI=1S/C52H34N2O/c1-3-14-38(15-4-1)53-47-23-11-9-20-43(47)46-34-37(30-32-49(46)53)35-26-28-36(29-27-35)40-31-33-48(42-19-8-7-18-41(40)42)54(39-16-5-2-6-17-39)50-24-13-22-45-44-21-10-12-25-51(44)55-52(45)50/h1-34H. The molecule has 258 valence electrons. The molecule has 0 amide bonds. The van der Waals surface area contributed by atoms with Crippen molar-refractivity contribution < 1.29 is 4.42 Å². The van der Waals surface area contributed by atoms with Crippen LogP contribution >= 0.6 is 0 Å². The first-order valence-corrected chi connectivity index (χ1v) is 18.8. The van der Waals surface area contributed by atoms with E-state index in [0.29, 0.717) is 0 Å². The summed E-state index contributed by atoms with van der Waals surface area (Å²) < 4.78 is 8.95. The number of anilines is 3. The summed E-state index contributed by atoms with van der Waals surface area (Å²) >= 11 is 0. The number of hydrogen-bond donors (Lipinski definition) is 0. The predicted octanol–water partition coefficient (Wildman–Crippen LogP) is 14.6. The van der Waals surface area contributed by atoms with Crippen LogP contribution in [0.5, 0.6) is 0 Å². The molecule has 0 atom stereocenters. The van der Waals surface area contributed by atoms with Gasteiger partial charge in [0.15, 0.2) is 5.58 Å². The summed E-state index contributed by atoms with van der Waals surface area (Å²) in [7, 11) is 0. The Hall–Kier alpha value is -7.36. The molecule has 2 heterocycles. The van der Waals surface area contributed by atoms with Crippen LogP contribution in [0.4, 0.5) is 17.1 Å². The minimum atomic E-state index is 0.874. The van der Waals surface area contributed by atoms with Crippen LogP contribution in [-0.4, -0.2) is 4.57 Å². The molecule has 0 saturated carbocycles. The lowest BCUT2D eigenvalue weighted by Crippen LogP contribution is -2.10. The smallest absolute Gasteiger partial charge is 0.159 e. The van der Waals surface area contributed by atoms with Gasteiger partial charge in [0.05, 0.1) is 22.4 Å². The van der Waals surface area contributed by atoms with E-state index < -0.39 is 0 Å². The van der Waals surface area contributed by atoms with Crippen LogP contribution in [-0.2, 0) is 0 Å². The number of aromatic nitrogens is 1. The Balaban J connectivity index is 1.02. The third-order valence-corrected chi connectivity index (χ3v) is 11.0. The fourth-order valence-electron chi connectivity index (χ4n) is 8.47. The highest BCUT2D eigenvalue weighted by Gasteiger charge is 2.22. The fourth-order valence-corrected chi connectivity index (χ4v) is 8.47. The molecule has 0 aliphatic carbocycles. The maximum absolute atomic E-state index is 6.58. The van der Waals surface area contributed by atoms with Crippen LogP contribution in [0.1, 0.15) is 0 Å². The molecule has 3 nitrogen and oxygen atoms in total. The molecular weight excluding hydrogens is 669 g/mol. The van der Waals surface area contributed by atoms with E-state index >= 15 is 0 Å². The quantitative estimate of drug-likeness (QED) is 0.172. The minimum Gasteiger partial charge on any atom is -0.454 e. The van der Waals surface area contributed by atoms with Gasteiger partial charge in [0.1, 0.15) is 5.58 Å². The molecule has 0 saturated heterocycles. The van der Waals surface area contributed by atoms with E-state index in [4.69, 9.17) is 4.42 Å². The average molecular weight is 703 g/mol. The Morgan fingerprint density at radius 1 is 0.364 bits per heavy atom. The fraction of sp³-hybridized carbons (Fsp3) is 0. The molecule has 0 aliphatic rings. The van der Waals surface area contributed by atoms with E-state index in [0.717, 1.165) is 39.0 Å². The number of nitrogens with zero attached hydrogens (tertiary/aromatic N) is 2. The lowest BCUT2D eigenvalue weighted by molar-refractivity contribution is 0.669. The van der Waals surface area contributed by atoms with Crippen molar-refractivity contribution >= 4 is 71.6 Å². The van der Waals surface area contributed by atoms with Gasteiger partial charge in [0.25, 0.3) is 0 Å². The van der Waals surface area contributed by atoms with Crippen LogP contribution < -0.4 is 4.90 Å². The summed E-state index contributed by atoms with van der Waals surface area (Å²) in [5.74, 6) is 0. The van der Waals surface area contributed by atoms with E-state index in [2.05, 4.69) is 204 Å². The molecule has 2 aromatic heterocycles. The van der Waals surface area contributed by atoms with E-state index in [1.807, 2.05) is 12.1 Å². The number of fused-ring (bicyclic) bond motifs is 7. The van der Waals surface area contributed by atoms with Crippen molar-refractivity contribution in [2.24, 2.45) is 0 Å². The monoisotopic (exact) mass is 702 g/mol. The summed E-state index contributed by atoms with van der Waals surface area (Å²) in [6.45, 7) is 0. The molecular formula is C52H34N2O. The zero-order valence-electron chi connectivity index (χ0n) is 29.9. The summed E-state index contributed by atoms with van der Waals surface area (Å²) in [6.07, 6.45) is 0. The van der Waals surface area contributed by atoms with Crippen molar-refractivity contribution in [3.8, 4) is 27.9 Å². The number of para-hydroxylation sites is 5. The van der Waals surface area contributed by atoms with Gasteiger partial charge in [-0.15, -0.1) is 0 Å². The lowest BCUT2D eigenvalue weighted by atomic mass is 9.94. The minimum absolute atomic E-state index is 0.874. The first kappa shape index (κ1) is 31.2. The second-order valence-electron chi connectivity index (χ2n) is 14.1. The Kier molecular flexibility index (Phi) is 7.17. The van der Waals surface area contributed by atoms with E-state index in [1.54, 1.807) is 0 Å². The van der Waals surface area contributed by atoms with Crippen molar-refractivity contribution in [1.82, 2.24) is 4.57 Å². The molecule has 9 aromatic carbocycles. The van der Waals surface area contributed by atoms with Crippen molar-refractivity contribution in [1.29, 1.82) is 0 Å². The first-order valence-electron chi connectivity index (χ1n) is 18.8. The molecule has 3 heteroatoms. The second-order valence-corrected chi connectivity index (χ2v) is 14.1. The van der Waals surface area contributed by atoms with E-state index in [9.17, 15) is 0 Å². The third kappa shape index (κ3) is 5.05. The summed E-state index contributed by atoms with van der Waals surface area (Å²) in [5.41, 5.74) is 13.3. The molecule has 0 fully saturated rings. The molecule has 0 radical (unpaired) electrons. The number of benzene rings is 9. The zero-order chi connectivity index (χ0) is 36.3. The largest absolute Gasteiger partial charge is 0.454 e. The van der Waals surface area contributed by atoms with Gasteiger partial charge in [0, 0.05) is 38.3 Å². The Morgan fingerprint density at radius 3 is 1.80 bits per heavy atom. The van der Waals surface area contributed by atoms with Crippen LogP contribution in [0, 0.1) is 0 Å². The normalized spacial score (nSPS) is 11.6. The van der Waals surface area contributed by atoms with E-state index in [1.165, 1.54) is 60.5 Å². The number of hydrogen-bond acceptors (Lipinski definition) is 2. The molecule has 0 bridgehead atoms. The van der Waals surface area contributed by atoms with Crippen molar-refractivity contribution in [3.63, 3.8) is 0 Å². The van der Waals surface area contributed by atoms with Gasteiger partial charge >= 0.3 is 0 Å². The second kappa shape index (κ2) is 12.6. The highest BCUT2D eigenvalue weighted by atomic mass is 16.3. The Morgan fingerprint density at radius 2 is 0.982 bits per heavy atom. The predicted molar refractivity (Wildman–Crippen MR) is 231 cm³/mol. The molecule has 0 unspecified atom stereocenters. The molecule has 0 spiro atoms. The summed E-state index contributed by atoms with van der Waals surface area (Å²) in [4.78, 5) is 2.34. The van der Waals surface area contributed by atoms with Crippen LogP contribution in [0.25, 0.3) is 82.5 Å². The number of furan rings is 1. The van der Waals surface area contributed by atoms with Gasteiger partial charge in [-0.1, -0.05) is 146 Å². The van der Waals surface area contributed by atoms with Gasteiger partial charge < -0.3 is 13.9 Å². The van der Waals surface area contributed by atoms with Crippen molar-refractivity contribution in [2.45, 2.75) is 0 Å². The lowest BCUT2D eigenvalue weighted by Gasteiger charge is -2.27. The van der Waals surface area contributed by atoms with Gasteiger partial charge in [-0.2, -0.15) is 0 Å². The summed E-state index contributed by atoms with van der Waals surface area (Å²) in [6, 6.07) is 73.8. The van der Waals surface area contributed by atoms with Crippen molar-refractivity contribution in [3.05, 3.63) is 206 Å². The van der Waals surface area contributed by atoms with Crippen LogP contribution in [0.3, 0.4) is 0 Å². The molecule has 0 aliphatic heterocycles. The summed E-state index contributed by atoms with van der Waals surface area (Å²) in [5, 5.41) is 7.10. The Bertz CT molecular complexity index is 3190. The van der Waals surface area contributed by atoms with Crippen LogP contribution in [0.15, 0.2) is 211 Å². The average Bonchev–Trinajstić information content (AvgIpc) is 3.81. The Labute approximate surface area is 318 Å². The van der Waals surface area contributed by atoms with Gasteiger partial charge in [-0.05, 0) is 88.3 Å². The van der Waals surface area contributed by atoms with Crippen molar-refractivity contribution in [2.75, 3.05) is 4.90 Å². The molecule has 0 N–H and O–H groups in total. The SMILES string of the molecule is c1ccc(N(c2ccc(-c3ccc(-c4ccc5c(c4)c4ccccc4n5-c4ccccc4)cc3)c3ccccc23)c2cccc3c2oc2ccccc23)cc1. The highest BCUT2D eigenvalue weighted by Crippen LogP contribution is 2.46. The first-order chi connectivity index (χ1) is 27.3. The number of rotatable bonds is 6. The molecule has 11 aromatic rings. The maximum Gasteiger partial charge on any atom is 0.159 e. The van der Waals surface area contributed by atoms with E-state index in [-0.39, 0.29) is 0 Å². The zero-order valence-corrected chi connectivity index (χ0v) is 29.9.